The van der Waals surface area contributed by atoms with Crippen LogP contribution in [0, 0.1) is 0 Å². The highest BCUT2D eigenvalue weighted by atomic mass is 35.5. The number of rotatable bonds is 8. The van der Waals surface area contributed by atoms with Crippen LogP contribution in [0.15, 0.2) is 42.5 Å². The molecule has 1 amide bonds. The lowest BCUT2D eigenvalue weighted by Gasteiger charge is -2.13. The van der Waals surface area contributed by atoms with E-state index in [-0.39, 0.29) is 18.4 Å². The van der Waals surface area contributed by atoms with Crippen LogP contribution in [0.5, 0.6) is 5.75 Å². The summed E-state index contributed by atoms with van der Waals surface area (Å²) in [4.78, 5) is 22.7. The van der Waals surface area contributed by atoms with Crippen LogP contribution in [0.25, 0.3) is 0 Å². The van der Waals surface area contributed by atoms with Gasteiger partial charge in [-0.25, -0.2) is 4.79 Å². The second-order valence-corrected chi connectivity index (χ2v) is 6.58. The topological polar surface area (TPSA) is 75.6 Å². The van der Waals surface area contributed by atoms with Gasteiger partial charge in [0.2, 0.25) is 5.91 Å². The van der Waals surface area contributed by atoms with Crippen molar-refractivity contribution in [2.75, 3.05) is 13.2 Å². The molecule has 2 N–H and O–H groups in total. The third-order valence-corrected chi connectivity index (χ3v) is 4.57. The SMILES string of the molecule is CC(C(=O)NCCc1ccc(OCC(=O)O)cc1)c1ccc(Cl)c(Cl)c1. The van der Waals surface area contributed by atoms with Gasteiger partial charge in [-0.15, -0.1) is 0 Å². The summed E-state index contributed by atoms with van der Waals surface area (Å²) in [7, 11) is 0. The van der Waals surface area contributed by atoms with Gasteiger partial charge in [-0.2, -0.15) is 0 Å². The minimum absolute atomic E-state index is 0.0928. The molecule has 0 aliphatic carbocycles. The fourth-order valence-corrected chi connectivity index (χ4v) is 2.62. The van der Waals surface area contributed by atoms with Gasteiger partial charge in [0.1, 0.15) is 5.75 Å². The smallest absolute Gasteiger partial charge is 0.341 e. The number of carbonyl (C=O) groups excluding carboxylic acids is 1. The van der Waals surface area contributed by atoms with Gasteiger partial charge in [0.25, 0.3) is 0 Å². The van der Waals surface area contributed by atoms with Crippen molar-refractivity contribution >= 4 is 35.1 Å². The Bertz CT molecular complexity index is 778. The molecule has 0 fully saturated rings. The molecule has 0 radical (unpaired) electrons. The quantitative estimate of drug-likeness (QED) is 0.709. The first-order valence-electron chi connectivity index (χ1n) is 8.03. The van der Waals surface area contributed by atoms with Gasteiger partial charge >= 0.3 is 5.97 Å². The first-order chi connectivity index (χ1) is 12.4. The van der Waals surface area contributed by atoms with Crippen molar-refractivity contribution in [2.45, 2.75) is 19.3 Å². The predicted molar refractivity (Wildman–Crippen MR) is 101 cm³/mol. The lowest BCUT2D eigenvalue weighted by molar-refractivity contribution is -0.139. The van der Waals surface area contributed by atoms with Crippen LogP contribution >= 0.6 is 23.2 Å². The largest absolute Gasteiger partial charge is 0.482 e. The molecule has 2 aromatic carbocycles. The fraction of sp³-hybridized carbons (Fsp3) is 0.263. The Balaban J connectivity index is 1.82. The van der Waals surface area contributed by atoms with Crippen molar-refractivity contribution in [2.24, 2.45) is 0 Å². The van der Waals surface area contributed by atoms with Crippen LogP contribution in [-0.4, -0.2) is 30.1 Å². The molecule has 0 aliphatic heterocycles. The Morgan fingerprint density at radius 3 is 2.42 bits per heavy atom. The highest BCUT2D eigenvalue weighted by Crippen LogP contribution is 2.26. The first kappa shape index (κ1) is 20.1. The maximum Gasteiger partial charge on any atom is 0.341 e. The van der Waals surface area contributed by atoms with Gasteiger partial charge < -0.3 is 15.2 Å². The highest BCUT2D eigenvalue weighted by Gasteiger charge is 2.15. The van der Waals surface area contributed by atoms with Gasteiger partial charge in [-0.1, -0.05) is 41.4 Å². The van der Waals surface area contributed by atoms with E-state index in [0.717, 1.165) is 11.1 Å². The van der Waals surface area contributed by atoms with Gasteiger partial charge in [0, 0.05) is 6.54 Å². The molecular weight excluding hydrogens is 377 g/mol. The number of amides is 1. The van der Waals surface area contributed by atoms with E-state index in [4.69, 9.17) is 33.0 Å². The molecule has 1 unspecified atom stereocenters. The lowest BCUT2D eigenvalue weighted by atomic mass is 10.0. The minimum Gasteiger partial charge on any atom is -0.482 e. The molecular formula is C19H19Cl2NO4. The molecule has 0 spiro atoms. The monoisotopic (exact) mass is 395 g/mol. The van der Waals surface area contributed by atoms with E-state index in [1.54, 1.807) is 30.3 Å². The summed E-state index contributed by atoms with van der Waals surface area (Å²) < 4.78 is 5.07. The van der Waals surface area contributed by atoms with E-state index in [9.17, 15) is 9.59 Å². The Labute approximate surface area is 161 Å². The maximum atomic E-state index is 12.3. The van der Waals surface area contributed by atoms with Crippen molar-refractivity contribution in [3.8, 4) is 5.75 Å². The van der Waals surface area contributed by atoms with Crippen molar-refractivity contribution in [3.63, 3.8) is 0 Å². The molecule has 0 aromatic heterocycles. The minimum atomic E-state index is -1.02. The molecule has 1 atom stereocenters. The highest BCUT2D eigenvalue weighted by molar-refractivity contribution is 6.42. The molecule has 7 heteroatoms. The Morgan fingerprint density at radius 2 is 1.81 bits per heavy atom. The van der Waals surface area contributed by atoms with E-state index in [1.807, 2.05) is 19.1 Å². The van der Waals surface area contributed by atoms with E-state index in [1.165, 1.54) is 0 Å². The fourth-order valence-electron chi connectivity index (χ4n) is 2.31. The molecule has 2 rings (SSSR count). The number of hydrogen-bond acceptors (Lipinski definition) is 3. The standard InChI is InChI=1S/C19H19Cl2NO4/c1-12(14-4-7-16(20)17(21)10-14)19(25)22-9-8-13-2-5-15(6-3-13)26-11-18(23)24/h2-7,10,12H,8-9,11H2,1H3,(H,22,25)(H,23,24). The number of hydrogen-bond donors (Lipinski definition) is 2. The normalized spacial score (nSPS) is 11.7. The van der Waals surface area contributed by atoms with Crippen LogP contribution in [0.4, 0.5) is 0 Å². The van der Waals surface area contributed by atoms with Crippen LogP contribution in [0.3, 0.4) is 0 Å². The number of aliphatic carboxylic acids is 1. The van der Waals surface area contributed by atoms with Gasteiger partial charge in [0.15, 0.2) is 6.61 Å². The van der Waals surface area contributed by atoms with Gasteiger partial charge in [0.05, 0.1) is 16.0 Å². The molecule has 0 aliphatic rings. The average Bonchev–Trinajstić information content (AvgIpc) is 2.62. The van der Waals surface area contributed by atoms with Gasteiger partial charge in [-0.3, -0.25) is 4.79 Å². The summed E-state index contributed by atoms with van der Waals surface area (Å²) >= 11 is 11.9. The zero-order valence-corrected chi connectivity index (χ0v) is 15.7. The van der Waals surface area contributed by atoms with Crippen molar-refractivity contribution < 1.29 is 19.4 Å². The summed E-state index contributed by atoms with van der Waals surface area (Å²) in [5, 5.41) is 12.4. The molecule has 0 saturated carbocycles. The van der Waals surface area contributed by atoms with E-state index < -0.39 is 5.97 Å². The van der Waals surface area contributed by atoms with E-state index in [2.05, 4.69) is 5.32 Å². The second-order valence-electron chi connectivity index (χ2n) is 5.76. The molecule has 2 aromatic rings. The second kappa shape index (κ2) is 9.46. The number of halogens is 2. The molecule has 5 nitrogen and oxygen atoms in total. The number of nitrogens with one attached hydrogen (secondary N) is 1. The molecule has 138 valence electrons. The van der Waals surface area contributed by atoms with E-state index in [0.29, 0.717) is 28.8 Å². The Morgan fingerprint density at radius 1 is 1.12 bits per heavy atom. The molecule has 26 heavy (non-hydrogen) atoms. The van der Waals surface area contributed by atoms with Crippen LogP contribution in [0.1, 0.15) is 24.0 Å². The summed E-state index contributed by atoms with van der Waals surface area (Å²) in [6.45, 7) is 1.92. The number of carbonyl (C=O) groups is 2. The third-order valence-electron chi connectivity index (χ3n) is 3.84. The average molecular weight is 396 g/mol. The number of ether oxygens (including phenoxy) is 1. The summed E-state index contributed by atoms with van der Waals surface area (Å²) in [6.07, 6.45) is 0.652. The molecule has 0 heterocycles. The third kappa shape index (κ3) is 5.93. The van der Waals surface area contributed by atoms with Crippen molar-refractivity contribution in [3.05, 3.63) is 63.6 Å². The van der Waals surface area contributed by atoms with E-state index >= 15 is 0 Å². The van der Waals surface area contributed by atoms with Crippen molar-refractivity contribution in [1.82, 2.24) is 5.32 Å². The summed E-state index contributed by atoms with van der Waals surface area (Å²) in [5.74, 6) is -0.956. The van der Waals surface area contributed by atoms with Crippen molar-refractivity contribution in [1.29, 1.82) is 0 Å². The lowest BCUT2D eigenvalue weighted by Crippen LogP contribution is -2.29. The maximum absolute atomic E-state index is 12.3. The predicted octanol–water partition coefficient (Wildman–Crippen LogP) is 3.92. The van der Waals surface area contributed by atoms with Crippen LogP contribution < -0.4 is 10.1 Å². The number of carboxylic acid groups (broad SMARTS) is 1. The molecule has 0 saturated heterocycles. The Hall–Kier alpha value is -2.24. The molecule has 0 bridgehead atoms. The Kier molecular flexibility index (Phi) is 7.30. The zero-order valence-electron chi connectivity index (χ0n) is 14.2. The number of benzene rings is 2. The summed E-state index contributed by atoms with van der Waals surface area (Å²) in [6, 6.07) is 12.3. The first-order valence-corrected chi connectivity index (χ1v) is 8.78. The summed E-state index contributed by atoms with van der Waals surface area (Å²) in [5.41, 5.74) is 1.81. The van der Waals surface area contributed by atoms with Crippen LogP contribution in [0.2, 0.25) is 10.0 Å². The number of carboxylic acids is 1. The van der Waals surface area contributed by atoms with Gasteiger partial charge in [-0.05, 0) is 48.7 Å². The zero-order chi connectivity index (χ0) is 19.1. The van der Waals surface area contributed by atoms with Crippen LogP contribution in [-0.2, 0) is 16.0 Å².